The molecule has 94 valence electrons. The van der Waals surface area contributed by atoms with Gasteiger partial charge in [0.05, 0.1) is 7.11 Å². The third-order valence-corrected chi connectivity index (χ3v) is 3.64. The van der Waals surface area contributed by atoms with Crippen LogP contribution in [0.25, 0.3) is 0 Å². The van der Waals surface area contributed by atoms with E-state index in [2.05, 4.69) is 37.4 Å². The summed E-state index contributed by atoms with van der Waals surface area (Å²) >= 11 is 0. The molecule has 1 aliphatic rings. The highest BCUT2D eigenvalue weighted by Crippen LogP contribution is 2.36. The molecule has 1 aromatic carbocycles. The first-order valence-corrected chi connectivity index (χ1v) is 6.61. The summed E-state index contributed by atoms with van der Waals surface area (Å²) in [6.07, 6.45) is 2.53. The lowest BCUT2D eigenvalue weighted by atomic mass is 9.88. The van der Waals surface area contributed by atoms with E-state index >= 15 is 0 Å². The number of ether oxygens (including phenoxy) is 1. The highest BCUT2D eigenvalue weighted by atomic mass is 16.5. The minimum absolute atomic E-state index is 0.515. The molecule has 0 aliphatic carbocycles. The molecule has 1 atom stereocenters. The summed E-state index contributed by atoms with van der Waals surface area (Å²) in [7, 11) is 1.79. The highest BCUT2D eigenvalue weighted by Gasteiger charge is 2.21. The van der Waals surface area contributed by atoms with Crippen LogP contribution in [0.3, 0.4) is 0 Å². The minimum atomic E-state index is 0.515. The molecule has 1 saturated heterocycles. The second kappa shape index (κ2) is 5.54. The number of hydrogen-bond donors (Lipinski definition) is 1. The number of piperidine rings is 1. The molecule has 0 bridgehead atoms. The molecule has 1 fully saturated rings. The fraction of sp³-hybridized carbons (Fsp3) is 0.600. The van der Waals surface area contributed by atoms with Gasteiger partial charge in [-0.15, -0.1) is 0 Å². The van der Waals surface area contributed by atoms with Crippen molar-refractivity contribution in [3.63, 3.8) is 0 Å². The van der Waals surface area contributed by atoms with Gasteiger partial charge in [-0.25, -0.2) is 0 Å². The van der Waals surface area contributed by atoms with Gasteiger partial charge in [0.15, 0.2) is 0 Å². The van der Waals surface area contributed by atoms with Crippen LogP contribution in [-0.2, 0) is 0 Å². The fourth-order valence-electron chi connectivity index (χ4n) is 2.70. The average Bonchev–Trinajstić information content (AvgIpc) is 2.38. The van der Waals surface area contributed by atoms with Gasteiger partial charge < -0.3 is 10.1 Å². The Bertz CT molecular complexity index is 367. The van der Waals surface area contributed by atoms with E-state index in [0.29, 0.717) is 11.8 Å². The number of hydrogen-bond acceptors (Lipinski definition) is 2. The monoisotopic (exact) mass is 233 g/mol. The summed E-state index contributed by atoms with van der Waals surface area (Å²) in [5.41, 5.74) is 2.71. The zero-order valence-electron chi connectivity index (χ0n) is 11.1. The van der Waals surface area contributed by atoms with Crippen molar-refractivity contribution in [3.8, 4) is 5.75 Å². The molecule has 0 aromatic heterocycles. The first-order chi connectivity index (χ1) is 8.24. The first kappa shape index (κ1) is 12.4. The molecule has 0 amide bonds. The van der Waals surface area contributed by atoms with Crippen LogP contribution in [0.15, 0.2) is 18.2 Å². The smallest absolute Gasteiger partial charge is 0.125 e. The Hall–Kier alpha value is -1.02. The SMILES string of the molecule is COc1c(C(C)C)cccc1C1CCCNC1. The molecule has 17 heavy (non-hydrogen) atoms. The molecule has 1 aliphatic heterocycles. The molecule has 1 N–H and O–H groups in total. The summed E-state index contributed by atoms with van der Waals surface area (Å²) in [6.45, 7) is 6.68. The number of methoxy groups -OCH3 is 1. The Balaban J connectivity index is 2.35. The Kier molecular flexibility index (Phi) is 4.06. The van der Waals surface area contributed by atoms with Gasteiger partial charge in [-0.2, -0.15) is 0 Å². The summed E-state index contributed by atoms with van der Waals surface area (Å²) in [6, 6.07) is 6.58. The van der Waals surface area contributed by atoms with Crippen molar-refractivity contribution in [3.05, 3.63) is 29.3 Å². The third-order valence-electron chi connectivity index (χ3n) is 3.64. The molecule has 2 heteroatoms. The average molecular weight is 233 g/mol. The highest BCUT2D eigenvalue weighted by molar-refractivity contribution is 5.45. The van der Waals surface area contributed by atoms with Crippen LogP contribution in [0.5, 0.6) is 5.75 Å². The third kappa shape index (κ3) is 2.63. The van der Waals surface area contributed by atoms with Gasteiger partial charge in [0, 0.05) is 12.5 Å². The van der Waals surface area contributed by atoms with Gasteiger partial charge in [-0.05, 0) is 36.4 Å². The number of para-hydroxylation sites is 1. The van der Waals surface area contributed by atoms with Crippen molar-refractivity contribution in [1.82, 2.24) is 5.32 Å². The summed E-state index contributed by atoms with van der Waals surface area (Å²) in [5.74, 6) is 2.23. The zero-order valence-corrected chi connectivity index (χ0v) is 11.1. The fourth-order valence-corrected chi connectivity index (χ4v) is 2.70. The van der Waals surface area contributed by atoms with Crippen molar-refractivity contribution in [1.29, 1.82) is 0 Å². The maximum atomic E-state index is 5.66. The molecule has 0 saturated carbocycles. The van der Waals surface area contributed by atoms with Gasteiger partial charge in [-0.3, -0.25) is 0 Å². The predicted molar refractivity (Wildman–Crippen MR) is 71.9 cm³/mol. The Morgan fingerprint density at radius 3 is 2.76 bits per heavy atom. The van der Waals surface area contributed by atoms with Gasteiger partial charge in [0.25, 0.3) is 0 Å². The maximum absolute atomic E-state index is 5.66. The number of nitrogens with one attached hydrogen (secondary N) is 1. The van der Waals surface area contributed by atoms with E-state index < -0.39 is 0 Å². The van der Waals surface area contributed by atoms with E-state index in [4.69, 9.17) is 4.74 Å². The molecule has 1 aromatic rings. The molecule has 2 rings (SSSR count). The van der Waals surface area contributed by atoms with Crippen LogP contribution < -0.4 is 10.1 Å². The van der Waals surface area contributed by atoms with E-state index in [9.17, 15) is 0 Å². The van der Waals surface area contributed by atoms with Crippen molar-refractivity contribution in [2.75, 3.05) is 20.2 Å². The van der Waals surface area contributed by atoms with Crippen LogP contribution in [0.2, 0.25) is 0 Å². The van der Waals surface area contributed by atoms with E-state index in [0.717, 1.165) is 18.8 Å². The van der Waals surface area contributed by atoms with E-state index in [1.54, 1.807) is 7.11 Å². The van der Waals surface area contributed by atoms with Crippen LogP contribution in [0.4, 0.5) is 0 Å². The minimum Gasteiger partial charge on any atom is -0.496 e. The number of benzene rings is 1. The molecule has 1 heterocycles. The van der Waals surface area contributed by atoms with Crippen LogP contribution in [0.1, 0.15) is 49.7 Å². The van der Waals surface area contributed by atoms with Crippen LogP contribution in [-0.4, -0.2) is 20.2 Å². The van der Waals surface area contributed by atoms with Crippen molar-refractivity contribution >= 4 is 0 Å². The van der Waals surface area contributed by atoms with Crippen molar-refractivity contribution in [2.45, 2.75) is 38.5 Å². The summed E-state index contributed by atoms with van der Waals surface area (Å²) in [4.78, 5) is 0. The topological polar surface area (TPSA) is 21.3 Å². The van der Waals surface area contributed by atoms with E-state index in [1.807, 2.05) is 0 Å². The molecule has 1 unspecified atom stereocenters. The van der Waals surface area contributed by atoms with E-state index in [1.165, 1.54) is 24.0 Å². The summed E-state index contributed by atoms with van der Waals surface area (Å²) in [5, 5.41) is 3.48. The number of rotatable bonds is 3. The lowest BCUT2D eigenvalue weighted by Crippen LogP contribution is -2.28. The van der Waals surface area contributed by atoms with Gasteiger partial charge in [-0.1, -0.05) is 32.0 Å². The molecular weight excluding hydrogens is 210 g/mol. The molecule has 2 nitrogen and oxygen atoms in total. The molecular formula is C15H23NO. The van der Waals surface area contributed by atoms with Gasteiger partial charge >= 0.3 is 0 Å². The normalized spacial score (nSPS) is 20.6. The largest absolute Gasteiger partial charge is 0.496 e. The zero-order chi connectivity index (χ0) is 12.3. The molecule has 0 spiro atoms. The Labute approximate surface area is 104 Å². The maximum Gasteiger partial charge on any atom is 0.125 e. The summed E-state index contributed by atoms with van der Waals surface area (Å²) < 4.78 is 5.66. The van der Waals surface area contributed by atoms with Crippen LogP contribution >= 0.6 is 0 Å². The molecule has 0 radical (unpaired) electrons. The first-order valence-electron chi connectivity index (χ1n) is 6.61. The quantitative estimate of drug-likeness (QED) is 0.865. The van der Waals surface area contributed by atoms with Crippen molar-refractivity contribution < 1.29 is 4.74 Å². The lowest BCUT2D eigenvalue weighted by molar-refractivity contribution is 0.386. The predicted octanol–water partition coefficient (Wildman–Crippen LogP) is 3.29. The van der Waals surface area contributed by atoms with Gasteiger partial charge in [0.1, 0.15) is 5.75 Å². The van der Waals surface area contributed by atoms with E-state index in [-0.39, 0.29) is 0 Å². The van der Waals surface area contributed by atoms with Crippen molar-refractivity contribution in [2.24, 2.45) is 0 Å². The Morgan fingerprint density at radius 2 is 2.18 bits per heavy atom. The Morgan fingerprint density at radius 1 is 1.35 bits per heavy atom. The standard InChI is InChI=1S/C15H23NO/c1-11(2)13-7-4-8-14(15(13)17-3)12-6-5-9-16-10-12/h4,7-8,11-12,16H,5-6,9-10H2,1-3H3. The lowest BCUT2D eigenvalue weighted by Gasteiger charge is -2.26. The van der Waals surface area contributed by atoms with Crippen LogP contribution in [0, 0.1) is 0 Å². The van der Waals surface area contributed by atoms with Gasteiger partial charge in [0.2, 0.25) is 0 Å². The second-order valence-corrected chi connectivity index (χ2v) is 5.17. The second-order valence-electron chi connectivity index (χ2n) is 5.17.